The lowest BCUT2D eigenvalue weighted by Crippen LogP contribution is -2.19. The fraction of sp³-hybridized carbons (Fsp3) is 0.500. The van der Waals surface area contributed by atoms with Crippen molar-refractivity contribution >= 4 is 0 Å². The lowest BCUT2D eigenvalue weighted by atomic mass is 10.0. The molecule has 0 heterocycles. The fourth-order valence-electron chi connectivity index (χ4n) is 1.58. The van der Waals surface area contributed by atoms with Crippen LogP contribution in [0.15, 0.2) is 18.2 Å². The van der Waals surface area contributed by atoms with E-state index in [2.05, 4.69) is 5.32 Å². The molecule has 102 valence electrons. The standard InChI is InChI=1S/C12H15F4NO/c1-17-11(4-5-18-7-12(15)16)8-2-3-9(13)10(14)6-8/h2-3,6,11-12,17H,4-5,7H2,1H3. The summed E-state index contributed by atoms with van der Waals surface area (Å²) in [6.07, 6.45) is -2.10. The van der Waals surface area contributed by atoms with Gasteiger partial charge in [-0.2, -0.15) is 0 Å². The molecule has 0 radical (unpaired) electrons. The van der Waals surface area contributed by atoms with Gasteiger partial charge >= 0.3 is 0 Å². The Labute approximate surface area is 103 Å². The van der Waals surface area contributed by atoms with Gasteiger partial charge in [-0.3, -0.25) is 0 Å². The van der Waals surface area contributed by atoms with Gasteiger partial charge in [-0.1, -0.05) is 6.07 Å². The summed E-state index contributed by atoms with van der Waals surface area (Å²) in [5.74, 6) is -1.84. The van der Waals surface area contributed by atoms with E-state index in [4.69, 9.17) is 4.74 Å². The van der Waals surface area contributed by atoms with Gasteiger partial charge < -0.3 is 10.1 Å². The Bertz CT molecular complexity index is 373. The molecule has 1 aromatic carbocycles. The van der Waals surface area contributed by atoms with E-state index in [9.17, 15) is 17.6 Å². The van der Waals surface area contributed by atoms with Crippen LogP contribution in [0.2, 0.25) is 0 Å². The summed E-state index contributed by atoms with van der Waals surface area (Å²) in [7, 11) is 1.65. The summed E-state index contributed by atoms with van der Waals surface area (Å²) < 4.78 is 54.2. The normalized spacial score (nSPS) is 13.0. The molecule has 1 atom stereocenters. The summed E-state index contributed by atoms with van der Waals surface area (Å²) in [6, 6.07) is 3.31. The van der Waals surface area contributed by atoms with Gasteiger partial charge in [-0.15, -0.1) is 0 Å². The van der Waals surface area contributed by atoms with E-state index in [0.717, 1.165) is 12.1 Å². The van der Waals surface area contributed by atoms with E-state index in [1.165, 1.54) is 6.07 Å². The first-order valence-corrected chi connectivity index (χ1v) is 5.52. The molecule has 0 bridgehead atoms. The predicted octanol–water partition coefficient (Wildman–Crippen LogP) is 2.90. The molecule has 0 aromatic heterocycles. The number of ether oxygens (including phenoxy) is 1. The van der Waals surface area contributed by atoms with Crippen molar-refractivity contribution in [1.29, 1.82) is 0 Å². The number of hydrogen-bond acceptors (Lipinski definition) is 2. The Morgan fingerprint density at radius 2 is 1.94 bits per heavy atom. The molecule has 0 saturated carbocycles. The maximum Gasteiger partial charge on any atom is 0.261 e. The van der Waals surface area contributed by atoms with Gasteiger partial charge in [0.1, 0.15) is 6.61 Å². The molecular weight excluding hydrogens is 250 g/mol. The van der Waals surface area contributed by atoms with Crippen molar-refractivity contribution < 1.29 is 22.3 Å². The summed E-state index contributed by atoms with van der Waals surface area (Å²) in [5, 5.41) is 2.90. The van der Waals surface area contributed by atoms with Crippen molar-refractivity contribution in [1.82, 2.24) is 5.32 Å². The monoisotopic (exact) mass is 265 g/mol. The van der Waals surface area contributed by atoms with Crippen molar-refractivity contribution in [2.75, 3.05) is 20.3 Å². The lowest BCUT2D eigenvalue weighted by molar-refractivity contribution is 0.0145. The van der Waals surface area contributed by atoms with Gasteiger partial charge in [-0.05, 0) is 31.2 Å². The van der Waals surface area contributed by atoms with Crippen LogP contribution < -0.4 is 5.32 Å². The molecule has 1 aromatic rings. The van der Waals surface area contributed by atoms with E-state index in [1.54, 1.807) is 7.05 Å². The van der Waals surface area contributed by atoms with E-state index >= 15 is 0 Å². The van der Waals surface area contributed by atoms with Gasteiger partial charge in [0.2, 0.25) is 0 Å². The summed E-state index contributed by atoms with van der Waals surface area (Å²) >= 11 is 0. The highest BCUT2D eigenvalue weighted by molar-refractivity contribution is 5.21. The summed E-state index contributed by atoms with van der Waals surface area (Å²) in [5.41, 5.74) is 0.553. The van der Waals surface area contributed by atoms with Gasteiger partial charge in [-0.25, -0.2) is 17.6 Å². The van der Waals surface area contributed by atoms with Crippen molar-refractivity contribution in [3.63, 3.8) is 0 Å². The van der Waals surface area contributed by atoms with Crippen LogP contribution in [0.3, 0.4) is 0 Å². The zero-order valence-corrected chi connectivity index (χ0v) is 9.93. The van der Waals surface area contributed by atoms with E-state index in [-0.39, 0.29) is 12.6 Å². The van der Waals surface area contributed by atoms with Crippen LogP contribution in [0.5, 0.6) is 0 Å². The highest BCUT2D eigenvalue weighted by atomic mass is 19.3. The Hall–Kier alpha value is -1.14. The van der Waals surface area contributed by atoms with Crippen LogP contribution in [0.25, 0.3) is 0 Å². The Morgan fingerprint density at radius 1 is 1.22 bits per heavy atom. The summed E-state index contributed by atoms with van der Waals surface area (Å²) in [6.45, 7) is -0.497. The predicted molar refractivity (Wildman–Crippen MR) is 59.6 cm³/mol. The van der Waals surface area contributed by atoms with Crippen LogP contribution in [-0.2, 0) is 4.74 Å². The molecule has 0 aliphatic rings. The van der Waals surface area contributed by atoms with Gasteiger partial charge in [0, 0.05) is 12.6 Å². The SMILES string of the molecule is CNC(CCOCC(F)F)c1ccc(F)c(F)c1. The molecule has 0 aliphatic heterocycles. The molecule has 0 fully saturated rings. The first-order valence-electron chi connectivity index (χ1n) is 5.52. The average Bonchev–Trinajstić information content (AvgIpc) is 2.33. The molecule has 1 N–H and O–H groups in total. The van der Waals surface area contributed by atoms with Gasteiger partial charge in [0.25, 0.3) is 6.43 Å². The number of nitrogens with one attached hydrogen (secondary N) is 1. The second-order valence-corrected chi connectivity index (χ2v) is 3.77. The minimum Gasteiger partial charge on any atom is -0.375 e. The molecule has 6 heteroatoms. The number of benzene rings is 1. The minimum absolute atomic E-state index is 0.120. The van der Waals surface area contributed by atoms with Gasteiger partial charge in [0.15, 0.2) is 11.6 Å². The molecule has 0 aliphatic carbocycles. The maximum atomic E-state index is 13.0. The van der Waals surface area contributed by atoms with Crippen molar-refractivity contribution in [2.45, 2.75) is 18.9 Å². The third kappa shape index (κ3) is 4.62. The molecule has 2 nitrogen and oxygen atoms in total. The topological polar surface area (TPSA) is 21.3 Å². The molecule has 0 spiro atoms. The Balaban J connectivity index is 2.52. The largest absolute Gasteiger partial charge is 0.375 e. The Morgan fingerprint density at radius 3 is 2.50 bits per heavy atom. The average molecular weight is 265 g/mol. The van der Waals surface area contributed by atoms with Crippen LogP contribution in [0.4, 0.5) is 17.6 Å². The number of rotatable bonds is 7. The van der Waals surface area contributed by atoms with Crippen molar-refractivity contribution in [2.24, 2.45) is 0 Å². The number of hydrogen-bond donors (Lipinski definition) is 1. The first-order chi connectivity index (χ1) is 8.54. The van der Waals surface area contributed by atoms with Crippen LogP contribution in [0, 0.1) is 11.6 Å². The summed E-state index contributed by atoms with van der Waals surface area (Å²) in [4.78, 5) is 0. The lowest BCUT2D eigenvalue weighted by Gasteiger charge is -2.16. The van der Waals surface area contributed by atoms with Crippen LogP contribution in [0.1, 0.15) is 18.0 Å². The second kappa shape index (κ2) is 7.33. The molecular formula is C12H15F4NO. The Kier molecular flexibility index (Phi) is 6.07. The van der Waals surface area contributed by atoms with Crippen LogP contribution >= 0.6 is 0 Å². The fourth-order valence-corrected chi connectivity index (χ4v) is 1.58. The molecule has 0 saturated heterocycles. The zero-order chi connectivity index (χ0) is 13.5. The highest BCUT2D eigenvalue weighted by Gasteiger charge is 2.12. The van der Waals surface area contributed by atoms with Gasteiger partial charge in [0.05, 0.1) is 0 Å². The zero-order valence-electron chi connectivity index (χ0n) is 9.93. The first kappa shape index (κ1) is 14.9. The smallest absolute Gasteiger partial charge is 0.261 e. The van der Waals surface area contributed by atoms with Crippen LogP contribution in [-0.4, -0.2) is 26.7 Å². The van der Waals surface area contributed by atoms with E-state index in [1.807, 2.05) is 0 Å². The highest BCUT2D eigenvalue weighted by Crippen LogP contribution is 2.19. The molecule has 0 amide bonds. The molecule has 18 heavy (non-hydrogen) atoms. The molecule has 1 rings (SSSR count). The third-order valence-electron chi connectivity index (χ3n) is 2.49. The third-order valence-corrected chi connectivity index (χ3v) is 2.49. The minimum atomic E-state index is -2.50. The van der Waals surface area contributed by atoms with Crippen molar-refractivity contribution in [3.05, 3.63) is 35.4 Å². The van der Waals surface area contributed by atoms with E-state index in [0.29, 0.717) is 12.0 Å². The quantitative estimate of drug-likeness (QED) is 0.604. The number of halogens is 4. The maximum absolute atomic E-state index is 13.0. The van der Waals surface area contributed by atoms with E-state index < -0.39 is 24.7 Å². The van der Waals surface area contributed by atoms with Crippen molar-refractivity contribution in [3.8, 4) is 0 Å². The molecule has 1 unspecified atom stereocenters. The second-order valence-electron chi connectivity index (χ2n) is 3.77. The number of alkyl halides is 2.